The second kappa shape index (κ2) is 6.75. The van der Waals surface area contributed by atoms with E-state index in [0.717, 1.165) is 35.6 Å². The smallest absolute Gasteiger partial charge is 0.160 e. The van der Waals surface area contributed by atoms with Crippen LogP contribution in [0.4, 0.5) is 0 Å². The van der Waals surface area contributed by atoms with Crippen LogP contribution in [-0.2, 0) is 13.0 Å². The van der Waals surface area contributed by atoms with Crippen molar-refractivity contribution < 1.29 is 0 Å². The van der Waals surface area contributed by atoms with Gasteiger partial charge in [-0.15, -0.1) is 0 Å². The van der Waals surface area contributed by atoms with Gasteiger partial charge < -0.3 is 4.57 Å². The van der Waals surface area contributed by atoms with E-state index in [0.29, 0.717) is 0 Å². The molecule has 0 atom stereocenters. The van der Waals surface area contributed by atoms with E-state index in [-0.39, 0.29) is 0 Å². The van der Waals surface area contributed by atoms with Gasteiger partial charge in [-0.1, -0.05) is 61.5 Å². The summed E-state index contributed by atoms with van der Waals surface area (Å²) in [5.74, 6) is 1.09. The van der Waals surface area contributed by atoms with Crippen LogP contribution in [0.5, 0.6) is 0 Å². The third kappa shape index (κ3) is 3.01. The average Bonchev–Trinajstić information content (AvgIpc) is 3.01. The fourth-order valence-corrected chi connectivity index (χ4v) is 3.50. The maximum atomic E-state index is 4.83. The molecule has 4 aromatic rings. The molecule has 2 aromatic carbocycles. The summed E-state index contributed by atoms with van der Waals surface area (Å²) in [5, 5.41) is 0. The predicted octanol–water partition coefficient (Wildman–Crippen LogP) is 5.33. The van der Waals surface area contributed by atoms with Crippen LogP contribution in [0.2, 0.25) is 0 Å². The number of aryl methyl sites for hydroxylation is 3. The maximum Gasteiger partial charge on any atom is 0.160 e. The molecule has 0 saturated carbocycles. The molecule has 2 heterocycles. The Morgan fingerprint density at radius 1 is 0.846 bits per heavy atom. The Bertz CT molecular complexity index is 1040. The summed E-state index contributed by atoms with van der Waals surface area (Å²) in [4.78, 5) is 9.60. The van der Waals surface area contributed by atoms with Crippen LogP contribution < -0.4 is 0 Å². The number of benzene rings is 2. The first-order valence-corrected chi connectivity index (χ1v) is 9.13. The molecular weight excluding hydrogens is 318 g/mol. The molecule has 0 aliphatic rings. The number of hydrogen-bond donors (Lipinski definition) is 0. The highest BCUT2D eigenvalue weighted by molar-refractivity contribution is 5.76. The van der Waals surface area contributed by atoms with Gasteiger partial charge in [0.05, 0.1) is 6.54 Å². The third-order valence-corrected chi connectivity index (χ3v) is 4.82. The lowest BCUT2D eigenvalue weighted by atomic mass is 10.0. The van der Waals surface area contributed by atoms with E-state index in [1.165, 1.54) is 22.3 Å². The topological polar surface area (TPSA) is 30.7 Å². The number of fused-ring (bicyclic) bond motifs is 1. The van der Waals surface area contributed by atoms with Gasteiger partial charge in [-0.25, -0.2) is 9.97 Å². The largest absolute Gasteiger partial charge is 0.308 e. The van der Waals surface area contributed by atoms with Crippen molar-refractivity contribution in [3.8, 4) is 11.1 Å². The Hall–Kier alpha value is -2.94. The molecule has 3 heteroatoms. The van der Waals surface area contributed by atoms with Gasteiger partial charge in [-0.3, -0.25) is 0 Å². The van der Waals surface area contributed by atoms with Crippen LogP contribution in [0.3, 0.4) is 0 Å². The predicted molar refractivity (Wildman–Crippen MR) is 107 cm³/mol. The Morgan fingerprint density at radius 2 is 1.54 bits per heavy atom. The van der Waals surface area contributed by atoms with Crippen molar-refractivity contribution in [3.05, 3.63) is 83.3 Å². The van der Waals surface area contributed by atoms with E-state index in [2.05, 4.69) is 73.0 Å². The summed E-state index contributed by atoms with van der Waals surface area (Å²) in [6.07, 6.45) is 0.900. The summed E-state index contributed by atoms with van der Waals surface area (Å²) in [5.41, 5.74) is 8.00. The lowest BCUT2D eigenvalue weighted by Crippen LogP contribution is -2.05. The molecule has 0 N–H and O–H groups in total. The van der Waals surface area contributed by atoms with Gasteiger partial charge in [-0.2, -0.15) is 0 Å². The van der Waals surface area contributed by atoms with Crippen LogP contribution in [0.1, 0.15) is 29.6 Å². The molecule has 0 unspecified atom stereocenters. The lowest BCUT2D eigenvalue weighted by Gasteiger charge is -2.09. The van der Waals surface area contributed by atoms with Gasteiger partial charge in [-0.05, 0) is 42.2 Å². The van der Waals surface area contributed by atoms with Crippen molar-refractivity contribution in [2.24, 2.45) is 0 Å². The molecule has 0 aliphatic carbocycles. The normalized spacial score (nSPS) is 11.2. The Balaban J connectivity index is 1.71. The lowest BCUT2D eigenvalue weighted by molar-refractivity contribution is 0.745. The van der Waals surface area contributed by atoms with Gasteiger partial charge in [0.2, 0.25) is 0 Å². The molecule has 2 aromatic heterocycles. The number of rotatable bonds is 4. The number of hydrogen-bond acceptors (Lipinski definition) is 2. The highest BCUT2D eigenvalue weighted by Gasteiger charge is 2.13. The number of nitrogens with zero attached hydrogens (tertiary/aromatic N) is 3. The first kappa shape index (κ1) is 16.5. The van der Waals surface area contributed by atoms with E-state index in [1.54, 1.807) is 0 Å². The van der Waals surface area contributed by atoms with Crippen LogP contribution in [0.25, 0.3) is 22.3 Å². The molecule has 4 rings (SSSR count). The number of pyridine rings is 1. The standard InChI is InChI=1S/C23H23N3/c1-4-21-25-22-16(2)14-17(3)24-23(22)26(21)15-18-10-12-20(13-11-18)19-8-6-5-7-9-19/h5-14H,4,15H2,1-3H3. The van der Waals surface area contributed by atoms with Gasteiger partial charge in [0, 0.05) is 12.1 Å². The zero-order valence-electron chi connectivity index (χ0n) is 15.5. The van der Waals surface area contributed by atoms with Gasteiger partial charge in [0.25, 0.3) is 0 Å². The number of aromatic nitrogens is 3. The highest BCUT2D eigenvalue weighted by Crippen LogP contribution is 2.23. The van der Waals surface area contributed by atoms with Crippen molar-refractivity contribution in [1.29, 1.82) is 0 Å². The molecule has 0 aliphatic heterocycles. The van der Waals surface area contributed by atoms with E-state index in [4.69, 9.17) is 9.97 Å². The minimum absolute atomic E-state index is 0.796. The minimum atomic E-state index is 0.796. The molecular formula is C23H23N3. The molecule has 0 radical (unpaired) electrons. The zero-order valence-corrected chi connectivity index (χ0v) is 15.5. The van der Waals surface area contributed by atoms with Crippen LogP contribution in [0, 0.1) is 13.8 Å². The molecule has 3 nitrogen and oxygen atoms in total. The van der Waals surface area contributed by atoms with E-state index in [9.17, 15) is 0 Å². The second-order valence-electron chi connectivity index (χ2n) is 6.78. The van der Waals surface area contributed by atoms with Gasteiger partial charge >= 0.3 is 0 Å². The van der Waals surface area contributed by atoms with Crippen molar-refractivity contribution in [2.75, 3.05) is 0 Å². The first-order valence-electron chi connectivity index (χ1n) is 9.13. The molecule has 130 valence electrons. The highest BCUT2D eigenvalue weighted by atomic mass is 15.1. The Morgan fingerprint density at radius 3 is 2.23 bits per heavy atom. The first-order chi connectivity index (χ1) is 12.7. The molecule has 0 bridgehead atoms. The average molecular weight is 341 g/mol. The summed E-state index contributed by atoms with van der Waals surface area (Å²) in [6.45, 7) is 7.11. The van der Waals surface area contributed by atoms with Crippen molar-refractivity contribution in [2.45, 2.75) is 33.7 Å². The fraction of sp³-hybridized carbons (Fsp3) is 0.217. The molecule has 0 saturated heterocycles. The molecule has 0 amide bonds. The number of imidazole rings is 1. The summed E-state index contributed by atoms with van der Waals surface area (Å²) in [6, 6.07) is 21.4. The van der Waals surface area contributed by atoms with Crippen LogP contribution in [-0.4, -0.2) is 14.5 Å². The Labute approximate surface area is 154 Å². The second-order valence-corrected chi connectivity index (χ2v) is 6.78. The van der Waals surface area contributed by atoms with Gasteiger partial charge in [0.1, 0.15) is 11.3 Å². The van der Waals surface area contributed by atoms with Crippen molar-refractivity contribution in [3.63, 3.8) is 0 Å². The third-order valence-electron chi connectivity index (χ3n) is 4.82. The summed E-state index contributed by atoms with van der Waals surface area (Å²) < 4.78 is 2.26. The molecule has 0 spiro atoms. The van der Waals surface area contributed by atoms with Crippen molar-refractivity contribution in [1.82, 2.24) is 14.5 Å². The van der Waals surface area contributed by atoms with Gasteiger partial charge in [0.15, 0.2) is 5.65 Å². The molecule has 0 fully saturated rings. The van der Waals surface area contributed by atoms with E-state index in [1.807, 2.05) is 13.0 Å². The van der Waals surface area contributed by atoms with E-state index >= 15 is 0 Å². The van der Waals surface area contributed by atoms with Crippen LogP contribution in [0.15, 0.2) is 60.7 Å². The fourth-order valence-electron chi connectivity index (χ4n) is 3.50. The zero-order chi connectivity index (χ0) is 18.1. The maximum absolute atomic E-state index is 4.83. The minimum Gasteiger partial charge on any atom is -0.308 e. The van der Waals surface area contributed by atoms with E-state index < -0.39 is 0 Å². The Kier molecular flexibility index (Phi) is 4.29. The SMILES string of the molecule is CCc1nc2c(C)cc(C)nc2n1Cc1ccc(-c2ccccc2)cc1. The van der Waals surface area contributed by atoms with Crippen LogP contribution >= 0.6 is 0 Å². The summed E-state index contributed by atoms with van der Waals surface area (Å²) in [7, 11) is 0. The monoisotopic (exact) mass is 341 g/mol. The molecule has 26 heavy (non-hydrogen) atoms. The summed E-state index contributed by atoms with van der Waals surface area (Å²) >= 11 is 0. The quantitative estimate of drug-likeness (QED) is 0.502. The van der Waals surface area contributed by atoms with Crippen molar-refractivity contribution >= 4 is 11.2 Å².